The molecule has 1 saturated heterocycles. The first kappa shape index (κ1) is 21.8. The maximum absolute atomic E-state index is 12.5. The number of anilines is 1. The van der Waals surface area contributed by atoms with Crippen LogP contribution in [0.15, 0.2) is 53.3 Å². The topological polar surface area (TPSA) is 92.2 Å². The Balaban J connectivity index is 1.37. The van der Waals surface area contributed by atoms with Crippen molar-refractivity contribution < 1.29 is 9.53 Å². The second kappa shape index (κ2) is 9.82. The number of carbonyl (C=O) groups excluding carboxylic acids is 1. The highest BCUT2D eigenvalue weighted by Crippen LogP contribution is 2.24. The maximum atomic E-state index is 12.5. The lowest BCUT2D eigenvalue weighted by molar-refractivity contribution is -0.114. The van der Waals surface area contributed by atoms with Crippen LogP contribution in [0, 0.1) is 0 Å². The summed E-state index contributed by atoms with van der Waals surface area (Å²) in [6.45, 7) is 4.37. The number of carbonyl (C=O) groups is 1. The Bertz CT molecular complexity index is 1100. The number of nitrogens with one attached hydrogen (secondary N) is 2. The second-order valence-electron chi connectivity index (χ2n) is 8.19. The van der Waals surface area contributed by atoms with E-state index in [1.165, 1.54) is 17.2 Å². The fraction of sp³-hybridized carbons (Fsp3) is 0.375. The van der Waals surface area contributed by atoms with Gasteiger partial charge in [-0.2, -0.15) is 4.68 Å². The minimum atomic E-state index is -0.221. The van der Waals surface area contributed by atoms with Crippen LogP contribution in [0.4, 0.5) is 5.69 Å². The lowest BCUT2D eigenvalue weighted by Gasteiger charge is -2.31. The molecular formula is C24H29N5O3. The summed E-state index contributed by atoms with van der Waals surface area (Å²) < 4.78 is 6.61. The molecule has 1 aliphatic rings. The van der Waals surface area contributed by atoms with Gasteiger partial charge in [0.05, 0.1) is 12.8 Å². The summed E-state index contributed by atoms with van der Waals surface area (Å²) in [6, 6.07) is 15.3. The van der Waals surface area contributed by atoms with E-state index in [0.717, 1.165) is 56.2 Å². The van der Waals surface area contributed by atoms with Gasteiger partial charge in [0.25, 0.3) is 0 Å². The number of ether oxygens (including phenoxy) is 1. The fourth-order valence-corrected chi connectivity index (χ4v) is 4.15. The van der Waals surface area contributed by atoms with E-state index in [-0.39, 0.29) is 17.5 Å². The molecule has 0 aliphatic carbocycles. The van der Waals surface area contributed by atoms with Crippen LogP contribution >= 0.6 is 0 Å². The summed E-state index contributed by atoms with van der Waals surface area (Å²) in [5.74, 6) is 1.63. The van der Waals surface area contributed by atoms with Gasteiger partial charge in [-0.25, -0.2) is 4.79 Å². The normalized spacial score (nSPS) is 16.6. The Morgan fingerprint density at radius 1 is 1.19 bits per heavy atom. The van der Waals surface area contributed by atoms with Gasteiger partial charge in [0.1, 0.15) is 11.6 Å². The van der Waals surface area contributed by atoms with Crippen molar-refractivity contribution in [3.8, 4) is 11.4 Å². The second-order valence-corrected chi connectivity index (χ2v) is 8.19. The zero-order valence-corrected chi connectivity index (χ0v) is 18.5. The molecule has 4 rings (SSSR count). The fourth-order valence-electron chi connectivity index (χ4n) is 4.15. The molecule has 1 unspecified atom stereocenters. The van der Waals surface area contributed by atoms with Gasteiger partial charge in [0.2, 0.25) is 5.91 Å². The van der Waals surface area contributed by atoms with Crippen molar-refractivity contribution in [2.45, 2.75) is 32.1 Å². The Labute approximate surface area is 187 Å². The Kier molecular flexibility index (Phi) is 6.70. The zero-order chi connectivity index (χ0) is 22.5. The van der Waals surface area contributed by atoms with Gasteiger partial charge >= 0.3 is 5.69 Å². The van der Waals surface area contributed by atoms with Crippen LogP contribution < -0.4 is 15.7 Å². The van der Waals surface area contributed by atoms with Crippen molar-refractivity contribution in [2.75, 3.05) is 32.1 Å². The number of benzene rings is 2. The molecule has 8 nitrogen and oxygen atoms in total. The number of hydrogen-bond acceptors (Lipinski definition) is 5. The molecule has 0 bridgehead atoms. The van der Waals surface area contributed by atoms with Crippen LogP contribution in [-0.2, 0) is 11.2 Å². The van der Waals surface area contributed by atoms with Crippen molar-refractivity contribution in [1.82, 2.24) is 19.7 Å². The summed E-state index contributed by atoms with van der Waals surface area (Å²) >= 11 is 0. The molecule has 2 heterocycles. The molecule has 1 aliphatic heterocycles. The third-order valence-electron chi connectivity index (χ3n) is 5.84. The van der Waals surface area contributed by atoms with E-state index in [9.17, 15) is 9.59 Å². The number of likely N-dealkylation sites (tertiary alicyclic amines) is 1. The molecule has 2 aromatic carbocycles. The summed E-state index contributed by atoms with van der Waals surface area (Å²) in [6.07, 6.45) is 3.02. The number of amides is 1. The van der Waals surface area contributed by atoms with E-state index >= 15 is 0 Å². The summed E-state index contributed by atoms with van der Waals surface area (Å²) in [5, 5.41) is 7.38. The molecule has 3 aromatic rings. The third-order valence-corrected chi connectivity index (χ3v) is 5.84. The number of aromatic amines is 1. The first-order valence-electron chi connectivity index (χ1n) is 10.9. The molecule has 32 heavy (non-hydrogen) atoms. The van der Waals surface area contributed by atoms with E-state index in [1.54, 1.807) is 7.11 Å². The third kappa shape index (κ3) is 5.26. The van der Waals surface area contributed by atoms with Gasteiger partial charge in [0.15, 0.2) is 0 Å². The van der Waals surface area contributed by atoms with Crippen LogP contribution in [-0.4, -0.2) is 52.3 Å². The van der Waals surface area contributed by atoms with Crippen LogP contribution in [0.5, 0.6) is 5.75 Å². The van der Waals surface area contributed by atoms with E-state index < -0.39 is 0 Å². The monoisotopic (exact) mass is 435 g/mol. The number of hydrogen-bond donors (Lipinski definition) is 2. The first-order valence-corrected chi connectivity index (χ1v) is 10.9. The summed E-state index contributed by atoms with van der Waals surface area (Å²) in [7, 11) is 1.61. The van der Waals surface area contributed by atoms with E-state index in [2.05, 4.69) is 32.4 Å². The first-order chi connectivity index (χ1) is 15.5. The number of H-pyrrole nitrogens is 1. The smallest absolute Gasteiger partial charge is 0.348 e. The van der Waals surface area contributed by atoms with Crippen molar-refractivity contribution in [1.29, 1.82) is 0 Å². The number of methoxy groups -OCH3 is 1. The minimum Gasteiger partial charge on any atom is -0.497 e. The number of piperidine rings is 1. The van der Waals surface area contributed by atoms with Crippen LogP contribution in [0.1, 0.15) is 37.1 Å². The lowest BCUT2D eigenvalue weighted by atomic mass is 9.97. The molecule has 8 heteroatoms. The van der Waals surface area contributed by atoms with Crippen LogP contribution in [0.3, 0.4) is 0 Å². The quantitative estimate of drug-likeness (QED) is 0.595. The van der Waals surface area contributed by atoms with Crippen LogP contribution in [0.2, 0.25) is 0 Å². The number of nitrogens with zero attached hydrogens (tertiary/aromatic N) is 3. The van der Waals surface area contributed by atoms with Gasteiger partial charge in [-0.15, -0.1) is 5.10 Å². The Morgan fingerprint density at radius 3 is 2.62 bits per heavy atom. The SMILES string of the molecule is COc1ccc(-n2nc(C3CCCN(CCc4ccc(NC(C)=O)cc4)C3)[nH]c2=O)cc1. The lowest BCUT2D eigenvalue weighted by Crippen LogP contribution is -2.36. The average molecular weight is 436 g/mol. The number of aromatic nitrogens is 3. The molecule has 1 atom stereocenters. The summed E-state index contributed by atoms with van der Waals surface area (Å²) in [5.41, 5.74) is 2.55. The molecule has 168 valence electrons. The molecule has 0 saturated carbocycles. The highest BCUT2D eigenvalue weighted by atomic mass is 16.5. The van der Waals surface area contributed by atoms with Gasteiger partial charge < -0.3 is 15.0 Å². The zero-order valence-electron chi connectivity index (χ0n) is 18.5. The molecule has 0 radical (unpaired) electrons. The van der Waals surface area contributed by atoms with Crippen LogP contribution in [0.25, 0.3) is 5.69 Å². The number of rotatable bonds is 7. The van der Waals surface area contributed by atoms with E-state index in [4.69, 9.17) is 4.74 Å². The average Bonchev–Trinajstić information content (AvgIpc) is 3.20. The molecule has 0 spiro atoms. The molecule has 1 amide bonds. The largest absolute Gasteiger partial charge is 0.497 e. The standard InChI is InChI=1S/C24H29N5O3/c1-17(30)25-20-7-5-18(6-8-20)13-15-28-14-3-4-19(16-28)23-26-24(31)29(27-23)21-9-11-22(32-2)12-10-21/h5-12,19H,3-4,13-16H2,1-2H3,(H,25,30)(H,26,27,31). The molecular weight excluding hydrogens is 406 g/mol. The predicted octanol–water partition coefficient (Wildman–Crippen LogP) is 2.95. The summed E-state index contributed by atoms with van der Waals surface area (Å²) in [4.78, 5) is 29.0. The van der Waals surface area contributed by atoms with Crippen molar-refractivity contribution in [2.24, 2.45) is 0 Å². The van der Waals surface area contributed by atoms with Gasteiger partial charge in [-0.3, -0.25) is 9.78 Å². The molecule has 1 aromatic heterocycles. The molecule has 1 fully saturated rings. The Hall–Kier alpha value is -3.39. The van der Waals surface area contributed by atoms with Gasteiger partial charge in [0, 0.05) is 31.6 Å². The highest BCUT2D eigenvalue weighted by Gasteiger charge is 2.24. The van der Waals surface area contributed by atoms with Crippen molar-refractivity contribution in [3.63, 3.8) is 0 Å². The molecule has 2 N–H and O–H groups in total. The minimum absolute atomic E-state index is 0.0652. The van der Waals surface area contributed by atoms with Crippen molar-refractivity contribution in [3.05, 3.63) is 70.4 Å². The predicted molar refractivity (Wildman–Crippen MR) is 124 cm³/mol. The van der Waals surface area contributed by atoms with E-state index in [0.29, 0.717) is 5.69 Å². The highest BCUT2D eigenvalue weighted by molar-refractivity contribution is 5.88. The van der Waals surface area contributed by atoms with E-state index in [1.807, 2.05) is 36.4 Å². The van der Waals surface area contributed by atoms with Gasteiger partial charge in [-0.05, 0) is 67.8 Å². The Morgan fingerprint density at radius 2 is 1.94 bits per heavy atom. The maximum Gasteiger partial charge on any atom is 0.348 e. The van der Waals surface area contributed by atoms with Crippen molar-refractivity contribution >= 4 is 11.6 Å². The van der Waals surface area contributed by atoms with Gasteiger partial charge in [-0.1, -0.05) is 12.1 Å².